The monoisotopic (exact) mass is 277 g/mol. The zero-order valence-electron chi connectivity index (χ0n) is 13.0. The highest BCUT2D eigenvalue weighted by molar-refractivity contribution is 5.76. The standard InChI is InChI=1S/C17H27NO2/c1-13(11-17(2,3)4)10-16(20)18-15(12-19)14-8-6-5-7-9-14/h5-9,13,15,19H,10-12H2,1-4H3,(H,18,20)/t13?,15-/m0/s1. The molecule has 0 radical (unpaired) electrons. The van der Waals surface area contributed by atoms with Gasteiger partial charge in [-0.25, -0.2) is 0 Å². The van der Waals surface area contributed by atoms with Gasteiger partial charge in [0.25, 0.3) is 0 Å². The first-order chi connectivity index (χ1) is 9.31. The molecule has 0 spiro atoms. The second-order valence-corrected chi connectivity index (χ2v) is 6.79. The minimum Gasteiger partial charge on any atom is -0.394 e. The van der Waals surface area contributed by atoms with Gasteiger partial charge in [0, 0.05) is 6.42 Å². The molecule has 0 aliphatic heterocycles. The van der Waals surface area contributed by atoms with E-state index in [0.717, 1.165) is 12.0 Å². The van der Waals surface area contributed by atoms with E-state index in [1.807, 2.05) is 30.3 Å². The van der Waals surface area contributed by atoms with Crippen LogP contribution in [0.25, 0.3) is 0 Å². The lowest BCUT2D eigenvalue weighted by molar-refractivity contribution is -0.123. The van der Waals surface area contributed by atoms with Crippen LogP contribution in [-0.2, 0) is 4.79 Å². The number of hydrogen-bond donors (Lipinski definition) is 2. The fourth-order valence-corrected chi connectivity index (χ4v) is 2.61. The summed E-state index contributed by atoms with van der Waals surface area (Å²) in [5.74, 6) is 0.342. The molecule has 112 valence electrons. The van der Waals surface area contributed by atoms with Crippen molar-refractivity contribution >= 4 is 5.91 Å². The Bertz CT molecular complexity index is 409. The summed E-state index contributed by atoms with van der Waals surface area (Å²) in [5.41, 5.74) is 1.17. The summed E-state index contributed by atoms with van der Waals surface area (Å²) in [7, 11) is 0. The first kappa shape index (κ1) is 16.7. The van der Waals surface area contributed by atoms with E-state index in [1.165, 1.54) is 0 Å². The predicted molar refractivity (Wildman–Crippen MR) is 82.3 cm³/mol. The lowest BCUT2D eigenvalue weighted by Gasteiger charge is -2.24. The summed E-state index contributed by atoms with van der Waals surface area (Å²) in [5, 5.41) is 12.3. The van der Waals surface area contributed by atoms with Crippen molar-refractivity contribution in [1.29, 1.82) is 0 Å². The molecule has 1 unspecified atom stereocenters. The van der Waals surface area contributed by atoms with Crippen molar-refractivity contribution in [2.75, 3.05) is 6.61 Å². The van der Waals surface area contributed by atoms with Crippen LogP contribution < -0.4 is 5.32 Å². The van der Waals surface area contributed by atoms with E-state index in [9.17, 15) is 9.90 Å². The van der Waals surface area contributed by atoms with Gasteiger partial charge in [-0.05, 0) is 23.3 Å². The van der Waals surface area contributed by atoms with Gasteiger partial charge < -0.3 is 10.4 Å². The summed E-state index contributed by atoms with van der Waals surface area (Å²) in [6.07, 6.45) is 1.51. The number of carbonyl (C=O) groups is 1. The maximum absolute atomic E-state index is 12.1. The third-order valence-electron chi connectivity index (χ3n) is 3.21. The van der Waals surface area contributed by atoms with Gasteiger partial charge in [0.05, 0.1) is 12.6 Å². The first-order valence-electron chi connectivity index (χ1n) is 7.27. The van der Waals surface area contributed by atoms with E-state index < -0.39 is 0 Å². The van der Waals surface area contributed by atoms with E-state index in [0.29, 0.717) is 12.3 Å². The zero-order valence-corrected chi connectivity index (χ0v) is 13.0. The molecule has 0 aliphatic carbocycles. The van der Waals surface area contributed by atoms with Gasteiger partial charge in [0.15, 0.2) is 0 Å². The first-order valence-corrected chi connectivity index (χ1v) is 7.27. The second-order valence-electron chi connectivity index (χ2n) is 6.79. The van der Waals surface area contributed by atoms with Gasteiger partial charge in [-0.2, -0.15) is 0 Å². The zero-order chi connectivity index (χ0) is 15.2. The Morgan fingerprint density at radius 3 is 2.35 bits per heavy atom. The van der Waals surface area contributed by atoms with Crippen LogP contribution in [0, 0.1) is 11.3 Å². The van der Waals surface area contributed by atoms with Crippen LogP contribution in [0.1, 0.15) is 52.1 Å². The molecule has 3 nitrogen and oxygen atoms in total. The third kappa shape index (κ3) is 6.20. The van der Waals surface area contributed by atoms with Gasteiger partial charge in [0.1, 0.15) is 0 Å². The second kappa shape index (κ2) is 7.44. The Kier molecular flexibility index (Phi) is 6.21. The van der Waals surface area contributed by atoms with Crippen molar-refractivity contribution in [3.8, 4) is 0 Å². The molecule has 0 saturated carbocycles. The van der Waals surface area contributed by atoms with Crippen molar-refractivity contribution in [3.05, 3.63) is 35.9 Å². The summed E-state index contributed by atoms with van der Waals surface area (Å²) >= 11 is 0. The lowest BCUT2D eigenvalue weighted by Crippen LogP contribution is -2.32. The molecule has 0 aliphatic rings. The molecule has 20 heavy (non-hydrogen) atoms. The Morgan fingerprint density at radius 2 is 1.85 bits per heavy atom. The molecule has 3 heteroatoms. The van der Waals surface area contributed by atoms with E-state index in [4.69, 9.17) is 0 Å². The van der Waals surface area contributed by atoms with Gasteiger partial charge in [0.2, 0.25) is 5.91 Å². The largest absolute Gasteiger partial charge is 0.394 e. The van der Waals surface area contributed by atoms with Crippen LogP contribution in [0.2, 0.25) is 0 Å². The normalized spacial score (nSPS) is 14.7. The van der Waals surface area contributed by atoms with Crippen LogP contribution in [0.5, 0.6) is 0 Å². The van der Waals surface area contributed by atoms with Crippen molar-refractivity contribution in [2.45, 2.75) is 46.6 Å². The summed E-state index contributed by atoms with van der Waals surface area (Å²) in [6.45, 7) is 8.57. The van der Waals surface area contributed by atoms with Crippen molar-refractivity contribution in [1.82, 2.24) is 5.32 Å². The molecular weight excluding hydrogens is 250 g/mol. The highest BCUT2D eigenvalue weighted by atomic mass is 16.3. The number of aliphatic hydroxyl groups is 1. The van der Waals surface area contributed by atoms with Gasteiger partial charge in [-0.15, -0.1) is 0 Å². The van der Waals surface area contributed by atoms with Crippen molar-refractivity contribution in [2.24, 2.45) is 11.3 Å². The third-order valence-corrected chi connectivity index (χ3v) is 3.21. The Labute approximate surface area is 122 Å². The fraction of sp³-hybridized carbons (Fsp3) is 0.588. The van der Waals surface area contributed by atoms with Gasteiger partial charge >= 0.3 is 0 Å². The van der Waals surface area contributed by atoms with Crippen LogP contribution >= 0.6 is 0 Å². The fourth-order valence-electron chi connectivity index (χ4n) is 2.61. The summed E-state index contributed by atoms with van der Waals surface area (Å²) in [6, 6.07) is 9.26. The van der Waals surface area contributed by atoms with Crippen LogP contribution in [-0.4, -0.2) is 17.6 Å². The van der Waals surface area contributed by atoms with E-state index in [1.54, 1.807) is 0 Å². The molecule has 0 heterocycles. The number of carbonyl (C=O) groups excluding carboxylic acids is 1. The number of benzene rings is 1. The molecule has 1 aromatic rings. The SMILES string of the molecule is CC(CC(=O)N[C@@H](CO)c1ccccc1)CC(C)(C)C. The molecule has 0 fully saturated rings. The summed E-state index contributed by atoms with van der Waals surface area (Å²) < 4.78 is 0. The highest BCUT2D eigenvalue weighted by Gasteiger charge is 2.19. The minimum atomic E-state index is -0.314. The molecule has 1 amide bonds. The number of rotatable bonds is 6. The average Bonchev–Trinajstić information content (AvgIpc) is 2.34. The Balaban J connectivity index is 2.52. The predicted octanol–water partition coefficient (Wildman–Crippen LogP) is 3.30. The molecule has 1 rings (SSSR count). The number of hydrogen-bond acceptors (Lipinski definition) is 2. The Hall–Kier alpha value is -1.35. The van der Waals surface area contributed by atoms with E-state index in [-0.39, 0.29) is 24.0 Å². The maximum atomic E-state index is 12.1. The average molecular weight is 277 g/mol. The lowest BCUT2D eigenvalue weighted by atomic mass is 9.84. The van der Waals surface area contributed by atoms with Gasteiger partial charge in [-0.1, -0.05) is 58.0 Å². The molecule has 2 N–H and O–H groups in total. The molecule has 0 bridgehead atoms. The van der Waals surface area contributed by atoms with Crippen molar-refractivity contribution < 1.29 is 9.90 Å². The van der Waals surface area contributed by atoms with Crippen molar-refractivity contribution in [3.63, 3.8) is 0 Å². The van der Waals surface area contributed by atoms with Crippen LogP contribution in [0.4, 0.5) is 0 Å². The molecule has 1 aromatic carbocycles. The Morgan fingerprint density at radius 1 is 1.25 bits per heavy atom. The number of nitrogens with one attached hydrogen (secondary N) is 1. The van der Waals surface area contributed by atoms with E-state index >= 15 is 0 Å². The number of aliphatic hydroxyl groups excluding tert-OH is 1. The molecular formula is C17H27NO2. The highest BCUT2D eigenvalue weighted by Crippen LogP contribution is 2.26. The quantitative estimate of drug-likeness (QED) is 0.838. The molecule has 2 atom stereocenters. The van der Waals surface area contributed by atoms with Crippen LogP contribution in [0.15, 0.2) is 30.3 Å². The summed E-state index contributed by atoms with van der Waals surface area (Å²) in [4.78, 5) is 12.1. The molecule has 0 aromatic heterocycles. The maximum Gasteiger partial charge on any atom is 0.220 e. The van der Waals surface area contributed by atoms with Crippen LogP contribution in [0.3, 0.4) is 0 Å². The number of amides is 1. The van der Waals surface area contributed by atoms with Gasteiger partial charge in [-0.3, -0.25) is 4.79 Å². The molecule has 0 saturated heterocycles. The topological polar surface area (TPSA) is 49.3 Å². The van der Waals surface area contributed by atoms with E-state index in [2.05, 4.69) is 33.0 Å². The minimum absolute atomic E-state index is 0.00431. The smallest absolute Gasteiger partial charge is 0.220 e.